The van der Waals surface area contributed by atoms with Crippen LogP contribution in [0.2, 0.25) is 0 Å². The topological polar surface area (TPSA) is 63.6 Å². The van der Waals surface area contributed by atoms with Crippen molar-refractivity contribution in [1.29, 1.82) is 0 Å². The molecular weight excluding hydrogens is 208 g/mol. The summed E-state index contributed by atoms with van der Waals surface area (Å²) >= 11 is 0. The normalized spacial score (nSPS) is 29.8. The van der Waals surface area contributed by atoms with Crippen molar-refractivity contribution in [2.24, 2.45) is 11.8 Å². The molecule has 1 saturated carbocycles. The summed E-state index contributed by atoms with van der Waals surface area (Å²) < 4.78 is 5.28. The number of carboxylic acid groups (broad SMARTS) is 1. The Kier molecular flexibility index (Phi) is 4.77. The Morgan fingerprint density at radius 1 is 1.12 bits per heavy atom. The zero-order valence-electron chi connectivity index (χ0n) is 9.94. The Labute approximate surface area is 96.0 Å². The van der Waals surface area contributed by atoms with Crippen LogP contribution in [-0.4, -0.2) is 23.1 Å². The third kappa shape index (κ3) is 4.64. The van der Waals surface area contributed by atoms with Gasteiger partial charge in [0.1, 0.15) is 6.10 Å². The minimum absolute atomic E-state index is 0.0138. The molecule has 4 nitrogen and oxygen atoms in total. The number of carbonyl (C=O) groups excluding carboxylic acids is 1. The van der Waals surface area contributed by atoms with Crippen molar-refractivity contribution < 1.29 is 19.4 Å². The molecule has 0 heterocycles. The van der Waals surface area contributed by atoms with E-state index in [0.717, 1.165) is 12.8 Å². The molecule has 16 heavy (non-hydrogen) atoms. The van der Waals surface area contributed by atoms with Crippen molar-refractivity contribution >= 4 is 11.9 Å². The fourth-order valence-corrected chi connectivity index (χ4v) is 2.42. The van der Waals surface area contributed by atoms with E-state index in [4.69, 9.17) is 9.84 Å². The van der Waals surface area contributed by atoms with Crippen LogP contribution in [0, 0.1) is 11.8 Å². The lowest BCUT2D eigenvalue weighted by Gasteiger charge is -2.30. The van der Waals surface area contributed by atoms with Gasteiger partial charge in [0.2, 0.25) is 0 Å². The fraction of sp³-hybridized carbons (Fsp3) is 0.833. The largest absolute Gasteiger partial charge is 0.481 e. The first-order valence-electron chi connectivity index (χ1n) is 5.88. The molecule has 1 N–H and O–H groups in total. The van der Waals surface area contributed by atoms with Gasteiger partial charge in [0, 0.05) is 0 Å². The van der Waals surface area contributed by atoms with E-state index in [9.17, 15) is 9.59 Å². The third-order valence-electron chi connectivity index (χ3n) is 2.98. The van der Waals surface area contributed by atoms with Crippen LogP contribution in [0.15, 0.2) is 0 Å². The van der Waals surface area contributed by atoms with Gasteiger partial charge in [-0.05, 0) is 31.1 Å². The van der Waals surface area contributed by atoms with Gasteiger partial charge in [0.05, 0.1) is 12.8 Å². The molecule has 0 bridgehead atoms. The summed E-state index contributed by atoms with van der Waals surface area (Å²) in [4.78, 5) is 21.6. The highest BCUT2D eigenvalue weighted by atomic mass is 16.5. The van der Waals surface area contributed by atoms with E-state index < -0.39 is 5.97 Å². The van der Waals surface area contributed by atoms with Crippen LogP contribution >= 0.6 is 0 Å². The second-order valence-corrected chi connectivity index (χ2v) is 4.92. The number of carboxylic acids is 1. The average Bonchev–Trinajstić information content (AvgIpc) is 2.12. The lowest BCUT2D eigenvalue weighted by Crippen LogP contribution is -2.28. The van der Waals surface area contributed by atoms with Crippen LogP contribution < -0.4 is 0 Å². The van der Waals surface area contributed by atoms with Crippen molar-refractivity contribution in [2.45, 2.75) is 52.1 Å². The van der Waals surface area contributed by atoms with Gasteiger partial charge in [-0.15, -0.1) is 0 Å². The molecule has 1 aliphatic rings. The molecule has 3 atom stereocenters. The number of hydrogen-bond acceptors (Lipinski definition) is 3. The van der Waals surface area contributed by atoms with Crippen LogP contribution in [0.3, 0.4) is 0 Å². The summed E-state index contributed by atoms with van der Waals surface area (Å²) in [6.45, 7) is 4.32. The van der Waals surface area contributed by atoms with E-state index in [1.54, 1.807) is 0 Å². The van der Waals surface area contributed by atoms with Crippen LogP contribution in [0.4, 0.5) is 0 Å². The predicted octanol–water partition coefficient (Wildman–Crippen LogP) is 2.22. The van der Waals surface area contributed by atoms with Gasteiger partial charge in [-0.25, -0.2) is 0 Å². The van der Waals surface area contributed by atoms with Gasteiger partial charge in [-0.3, -0.25) is 9.59 Å². The van der Waals surface area contributed by atoms with Crippen LogP contribution in [0.1, 0.15) is 46.0 Å². The zero-order chi connectivity index (χ0) is 12.1. The second kappa shape index (κ2) is 5.87. The molecule has 0 unspecified atom stereocenters. The molecule has 92 valence electrons. The lowest BCUT2D eigenvalue weighted by molar-refractivity contribution is -0.154. The van der Waals surface area contributed by atoms with Crippen molar-refractivity contribution in [3.8, 4) is 0 Å². The first-order valence-corrected chi connectivity index (χ1v) is 5.88. The summed E-state index contributed by atoms with van der Waals surface area (Å²) in [5.74, 6) is -0.168. The molecule has 0 spiro atoms. The Hall–Kier alpha value is -1.06. The number of esters is 1. The molecule has 4 heteroatoms. The number of carbonyl (C=O) groups is 2. The van der Waals surface area contributed by atoms with Crippen LogP contribution in [0.5, 0.6) is 0 Å². The molecule has 0 aromatic heterocycles. The quantitative estimate of drug-likeness (QED) is 0.749. The molecule has 1 aliphatic carbocycles. The van der Waals surface area contributed by atoms with Crippen molar-refractivity contribution in [2.75, 3.05) is 0 Å². The smallest absolute Gasteiger partial charge is 0.306 e. The molecule has 0 aromatic rings. The van der Waals surface area contributed by atoms with Gasteiger partial charge >= 0.3 is 11.9 Å². The molecule has 1 rings (SSSR count). The summed E-state index contributed by atoms with van der Waals surface area (Å²) in [7, 11) is 0. The highest BCUT2D eigenvalue weighted by Gasteiger charge is 2.26. The van der Waals surface area contributed by atoms with Crippen molar-refractivity contribution in [3.63, 3.8) is 0 Å². The highest BCUT2D eigenvalue weighted by Crippen LogP contribution is 2.30. The van der Waals surface area contributed by atoms with E-state index in [2.05, 4.69) is 13.8 Å². The molecular formula is C12H20O4. The van der Waals surface area contributed by atoms with E-state index in [-0.39, 0.29) is 24.9 Å². The average molecular weight is 228 g/mol. The number of hydrogen-bond donors (Lipinski definition) is 1. The Balaban J connectivity index is 2.30. The zero-order valence-corrected chi connectivity index (χ0v) is 9.94. The number of aliphatic carboxylic acids is 1. The molecule has 0 radical (unpaired) electrons. The Bertz CT molecular complexity index is 252. The summed E-state index contributed by atoms with van der Waals surface area (Å²) in [6, 6.07) is 0. The molecule has 0 aromatic carbocycles. The number of rotatable bonds is 4. The van der Waals surface area contributed by atoms with Gasteiger partial charge < -0.3 is 9.84 Å². The van der Waals surface area contributed by atoms with E-state index in [0.29, 0.717) is 11.8 Å². The molecule has 0 amide bonds. The van der Waals surface area contributed by atoms with Crippen LogP contribution in [-0.2, 0) is 14.3 Å². The standard InChI is InChI=1S/C12H20O4/c1-8-5-9(2)7-10(6-8)16-12(15)4-3-11(13)14/h8-10H,3-7H2,1-2H3,(H,13,14)/t8-,9+,10-. The maximum Gasteiger partial charge on any atom is 0.306 e. The summed E-state index contributed by atoms with van der Waals surface area (Å²) in [5.41, 5.74) is 0. The summed E-state index contributed by atoms with van der Waals surface area (Å²) in [5, 5.41) is 8.44. The molecule has 1 fully saturated rings. The first kappa shape index (κ1) is 13.0. The maximum absolute atomic E-state index is 11.3. The first-order chi connectivity index (χ1) is 7.47. The van der Waals surface area contributed by atoms with E-state index in [1.165, 1.54) is 6.42 Å². The van der Waals surface area contributed by atoms with Crippen molar-refractivity contribution in [1.82, 2.24) is 0 Å². The fourth-order valence-electron chi connectivity index (χ4n) is 2.42. The van der Waals surface area contributed by atoms with Gasteiger partial charge in [0.15, 0.2) is 0 Å². The third-order valence-corrected chi connectivity index (χ3v) is 2.98. The Morgan fingerprint density at radius 3 is 2.19 bits per heavy atom. The minimum atomic E-state index is -0.956. The predicted molar refractivity (Wildman–Crippen MR) is 58.9 cm³/mol. The highest BCUT2D eigenvalue weighted by molar-refractivity contribution is 5.76. The SMILES string of the molecule is C[C@@H]1C[C@H](C)C[C@H](OC(=O)CCC(=O)O)C1. The molecule has 0 saturated heterocycles. The number of ether oxygens (including phenoxy) is 1. The van der Waals surface area contributed by atoms with E-state index >= 15 is 0 Å². The second-order valence-electron chi connectivity index (χ2n) is 4.92. The molecule has 0 aliphatic heterocycles. The van der Waals surface area contributed by atoms with Gasteiger partial charge in [0.25, 0.3) is 0 Å². The monoisotopic (exact) mass is 228 g/mol. The Morgan fingerprint density at radius 2 is 1.69 bits per heavy atom. The van der Waals surface area contributed by atoms with Crippen molar-refractivity contribution in [3.05, 3.63) is 0 Å². The van der Waals surface area contributed by atoms with Gasteiger partial charge in [-0.2, -0.15) is 0 Å². The van der Waals surface area contributed by atoms with Crippen LogP contribution in [0.25, 0.3) is 0 Å². The minimum Gasteiger partial charge on any atom is -0.481 e. The lowest BCUT2D eigenvalue weighted by atomic mass is 9.82. The summed E-state index contributed by atoms with van der Waals surface area (Å²) in [6.07, 6.45) is 2.82. The van der Waals surface area contributed by atoms with E-state index in [1.807, 2.05) is 0 Å². The van der Waals surface area contributed by atoms with Gasteiger partial charge in [-0.1, -0.05) is 13.8 Å². The maximum atomic E-state index is 11.3.